The van der Waals surface area contributed by atoms with Crippen molar-refractivity contribution in [2.75, 3.05) is 19.8 Å². The third-order valence-electron chi connectivity index (χ3n) is 3.75. The summed E-state index contributed by atoms with van der Waals surface area (Å²) < 4.78 is 5.33. The molecule has 0 saturated heterocycles. The van der Waals surface area contributed by atoms with E-state index < -0.39 is 11.9 Å². The van der Waals surface area contributed by atoms with Crippen molar-refractivity contribution in [2.24, 2.45) is 5.92 Å². The van der Waals surface area contributed by atoms with Crippen molar-refractivity contribution < 1.29 is 19.4 Å². The van der Waals surface area contributed by atoms with E-state index in [4.69, 9.17) is 4.74 Å². The second kappa shape index (κ2) is 10.4. The van der Waals surface area contributed by atoms with Crippen LogP contribution in [0.2, 0.25) is 0 Å². The molecule has 1 aliphatic carbocycles. The summed E-state index contributed by atoms with van der Waals surface area (Å²) in [7, 11) is 0. The van der Waals surface area contributed by atoms with Gasteiger partial charge in [0.05, 0.1) is 5.92 Å². The smallest absolute Gasteiger partial charge is 0.315 e. The van der Waals surface area contributed by atoms with E-state index in [2.05, 4.69) is 17.6 Å². The fourth-order valence-electron chi connectivity index (χ4n) is 2.62. The summed E-state index contributed by atoms with van der Waals surface area (Å²) >= 11 is 0. The van der Waals surface area contributed by atoms with E-state index in [-0.39, 0.29) is 12.1 Å². The van der Waals surface area contributed by atoms with Crippen LogP contribution >= 0.6 is 0 Å². The number of hydrogen-bond acceptors (Lipinski definition) is 3. The average Bonchev–Trinajstić information content (AvgIpc) is 2.68. The van der Waals surface area contributed by atoms with Crippen molar-refractivity contribution in [3.63, 3.8) is 0 Å². The number of aliphatic carboxylic acids is 1. The molecule has 2 amide bonds. The van der Waals surface area contributed by atoms with Crippen LogP contribution in [0.4, 0.5) is 4.79 Å². The normalized spacial score (nSPS) is 22.3. The van der Waals surface area contributed by atoms with Crippen LogP contribution < -0.4 is 10.6 Å². The first-order valence-corrected chi connectivity index (χ1v) is 8.00. The second-order valence-corrected chi connectivity index (χ2v) is 5.56. The molecule has 122 valence electrons. The molecule has 0 spiro atoms. The van der Waals surface area contributed by atoms with Gasteiger partial charge in [-0.2, -0.15) is 0 Å². The number of amides is 2. The highest BCUT2D eigenvalue weighted by Gasteiger charge is 2.30. The lowest BCUT2D eigenvalue weighted by atomic mass is 9.95. The third-order valence-corrected chi connectivity index (χ3v) is 3.75. The van der Waals surface area contributed by atoms with Gasteiger partial charge < -0.3 is 20.5 Å². The number of rotatable bonds is 8. The van der Waals surface area contributed by atoms with Gasteiger partial charge in [0.1, 0.15) is 0 Å². The minimum absolute atomic E-state index is 0.263. The Morgan fingerprint density at radius 3 is 2.67 bits per heavy atom. The van der Waals surface area contributed by atoms with E-state index in [0.717, 1.165) is 45.1 Å². The quantitative estimate of drug-likeness (QED) is 0.473. The van der Waals surface area contributed by atoms with Crippen LogP contribution in [0.5, 0.6) is 0 Å². The van der Waals surface area contributed by atoms with Crippen LogP contribution in [0.1, 0.15) is 51.9 Å². The molecular weight excluding hydrogens is 272 g/mol. The van der Waals surface area contributed by atoms with Gasteiger partial charge in [0, 0.05) is 25.8 Å². The molecule has 2 atom stereocenters. The van der Waals surface area contributed by atoms with E-state index in [1.165, 1.54) is 0 Å². The molecule has 0 heterocycles. The Labute approximate surface area is 126 Å². The first-order valence-electron chi connectivity index (χ1n) is 8.00. The fraction of sp³-hybridized carbons (Fsp3) is 0.867. The summed E-state index contributed by atoms with van der Waals surface area (Å²) in [5.74, 6) is -1.28. The van der Waals surface area contributed by atoms with Crippen molar-refractivity contribution >= 4 is 12.0 Å². The number of hydrogen-bond donors (Lipinski definition) is 3. The van der Waals surface area contributed by atoms with Crippen LogP contribution in [-0.4, -0.2) is 42.9 Å². The van der Waals surface area contributed by atoms with Gasteiger partial charge >= 0.3 is 12.0 Å². The minimum atomic E-state index is -0.810. The summed E-state index contributed by atoms with van der Waals surface area (Å²) in [6, 6.07) is -0.537. The predicted molar refractivity (Wildman–Crippen MR) is 80.3 cm³/mol. The summed E-state index contributed by atoms with van der Waals surface area (Å²) in [4.78, 5) is 23.1. The lowest BCUT2D eigenvalue weighted by Crippen LogP contribution is -2.47. The number of carbonyl (C=O) groups is 2. The molecule has 0 radical (unpaired) electrons. The molecule has 1 rings (SSSR count). The zero-order valence-corrected chi connectivity index (χ0v) is 12.9. The highest BCUT2D eigenvalue weighted by Crippen LogP contribution is 2.23. The number of carboxylic acid groups (broad SMARTS) is 1. The molecule has 1 fully saturated rings. The summed E-state index contributed by atoms with van der Waals surface area (Å²) in [6.07, 6.45) is 6.07. The van der Waals surface area contributed by atoms with E-state index >= 15 is 0 Å². The standard InChI is InChI=1S/C15H28N2O4/c1-2-10-21-11-6-9-16-15(20)17-13-8-5-3-4-7-12(13)14(18)19/h12-13H,2-11H2,1H3,(H,18,19)(H2,16,17,20). The Bertz CT molecular complexity index is 323. The molecule has 6 heteroatoms. The largest absolute Gasteiger partial charge is 0.481 e. The van der Waals surface area contributed by atoms with Crippen LogP contribution in [0.3, 0.4) is 0 Å². The van der Waals surface area contributed by atoms with Gasteiger partial charge in [-0.3, -0.25) is 4.79 Å². The van der Waals surface area contributed by atoms with Crippen LogP contribution in [0.25, 0.3) is 0 Å². The van der Waals surface area contributed by atoms with Gasteiger partial charge in [0.25, 0.3) is 0 Å². The molecular formula is C15H28N2O4. The summed E-state index contributed by atoms with van der Waals surface area (Å²) in [5.41, 5.74) is 0. The molecule has 6 nitrogen and oxygen atoms in total. The van der Waals surface area contributed by atoms with Gasteiger partial charge in [-0.05, 0) is 25.7 Å². The van der Waals surface area contributed by atoms with E-state index in [1.54, 1.807) is 0 Å². The predicted octanol–water partition coefficient (Wildman–Crippen LogP) is 2.14. The maximum atomic E-state index is 11.8. The number of nitrogens with one attached hydrogen (secondary N) is 2. The Morgan fingerprint density at radius 2 is 1.95 bits per heavy atom. The molecule has 1 aliphatic rings. The zero-order chi connectivity index (χ0) is 15.5. The summed E-state index contributed by atoms with van der Waals surface area (Å²) in [6.45, 7) is 3.97. The number of carbonyl (C=O) groups excluding carboxylic acids is 1. The maximum Gasteiger partial charge on any atom is 0.315 e. The van der Waals surface area contributed by atoms with Gasteiger partial charge in [-0.15, -0.1) is 0 Å². The Kier molecular flexibility index (Phi) is 8.82. The fourth-order valence-corrected chi connectivity index (χ4v) is 2.62. The Balaban J connectivity index is 2.25. The highest BCUT2D eigenvalue weighted by molar-refractivity contribution is 5.76. The maximum absolute atomic E-state index is 11.8. The van der Waals surface area contributed by atoms with Crippen molar-refractivity contribution in [2.45, 2.75) is 57.9 Å². The van der Waals surface area contributed by atoms with Crippen LogP contribution in [-0.2, 0) is 9.53 Å². The minimum Gasteiger partial charge on any atom is -0.481 e. The lowest BCUT2D eigenvalue weighted by molar-refractivity contribution is -0.142. The highest BCUT2D eigenvalue weighted by atomic mass is 16.5. The lowest BCUT2D eigenvalue weighted by Gasteiger charge is -2.23. The third kappa shape index (κ3) is 7.32. The van der Waals surface area contributed by atoms with Crippen LogP contribution in [0, 0.1) is 5.92 Å². The molecule has 3 N–H and O–H groups in total. The molecule has 0 aromatic carbocycles. The number of urea groups is 1. The first kappa shape index (κ1) is 17.8. The van der Waals surface area contributed by atoms with Crippen molar-refractivity contribution in [1.82, 2.24) is 10.6 Å². The summed E-state index contributed by atoms with van der Waals surface area (Å²) in [5, 5.41) is 14.8. The van der Waals surface area contributed by atoms with Crippen molar-refractivity contribution in [3.8, 4) is 0 Å². The molecule has 0 aliphatic heterocycles. The van der Waals surface area contributed by atoms with Crippen molar-refractivity contribution in [3.05, 3.63) is 0 Å². The Morgan fingerprint density at radius 1 is 1.19 bits per heavy atom. The van der Waals surface area contributed by atoms with Gasteiger partial charge in [0.2, 0.25) is 0 Å². The molecule has 0 aromatic heterocycles. The number of carboxylic acids is 1. The molecule has 1 saturated carbocycles. The van der Waals surface area contributed by atoms with Gasteiger partial charge in [0.15, 0.2) is 0 Å². The van der Waals surface area contributed by atoms with Gasteiger partial charge in [-0.1, -0.05) is 26.2 Å². The first-order chi connectivity index (χ1) is 10.1. The molecule has 21 heavy (non-hydrogen) atoms. The van der Waals surface area contributed by atoms with Gasteiger partial charge in [-0.25, -0.2) is 4.79 Å². The van der Waals surface area contributed by atoms with E-state index in [1.807, 2.05) is 0 Å². The average molecular weight is 300 g/mol. The molecule has 2 unspecified atom stereocenters. The molecule has 0 bridgehead atoms. The SMILES string of the molecule is CCCOCCCNC(=O)NC1CCCCCC1C(=O)O. The topological polar surface area (TPSA) is 87.7 Å². The number of ether oxygens (including phenoxy) is 1. The zero-order valence-electron chi connectivity index (χ0n) is 12.9. The Hall–Kier alpha value is -1.30. The van der Waals surface area contributed by atoms with E-state index in [0.29, 0.717) is 19.6 Å². The second-order valence-electron chi connectivity index (χ2n) is 5.56. The monoisotopic (exact) mass is 300 g/mol. The van der Waals surface area contributed by atoms with Crippen LogP contribution in [0.15, 0.2) is 0 Å². The molecule has 0 aromatic rings. The van der Waals surface area contributed by atoms with Crippen molar-refractivity contribution in [1.29, 1.82) is 0 Å². The van der Waals surface area contributed by atoms with E-state index in [9.17, 15) is 14.7 Å².